The molecule has 134 valence electrons. The van der Waals surface area contributed by atoms with Crippen molar-refractivity contribution in [2.45, 2.75) is 0 Å². The van der Waals surface area contributed by atoms with Gasteiger partial charge in [0.15, 0.2) is 0 Å². The summed E-state index contributed by atoms with van der Waals surface area (Å²) in [5, 5.41) is 3.00. The van der Waals surface area contributed by atoms with Crippen LogP contribution in [0.2, 0.25) is 5.02 Å². The smallest absolute Gasteiger partial charge is 0.272 e. The number of halogens is 1. The maximum absolute atomic E-state index is 12.4. The van der Waals surface area contributed by atoms with Gasteiger partial charge in [-0.3, -0.25) is 9.52 Å². The third-order valence-corrected chi connectivity index (χ3v) is 4.32. The van der Waals surface area contributed by atoms with E-state index in [-0.39, 0.29) is 11.6 Å². The summed E-state index contributed by atoms with van der Waals surface area (Å²) >= 11 is 6.00. The summed E-state index contributed by atoms with van der Waals surface area (Å²) in [5.41, 5.74) is 2.91. The van der Waals surface area contributed by atoms with E-state index in [0.29, 0.717) is 16.4 Å². The van der Waals surface area contributed by atoms with Crippen molar-refractivity contribution in [1.82, 2.24) is 4.98 Å². The predicted octanol–water partition coefficient (Wildman–Crippen LogP) is 3.96. The number of H-pyrrole nitrogens is 1. The molecule has 0 aliphatic carbocycles. The summed E-state index contributed by atoms with van der Waals surface area (Å²) < 4.78 is 25.0. The Bertz CT molecular complexity index is 1050. The minimum atomic E-state index is -3.45. The molecule has 0 bridgehead atoms. The van der Waals surface area contributed by atoms with Crippen LogP contribution in [-0.4, -0.2) is 25.6 Å². The molecule has 0 atom stereocenters. The van der Waals surface area contributed by atoms with Gasteiger partial charge in [-0.15, -0.1) is 0 Å². The number of carbonyl (C=O) groups excluding carboxylic acids is 1. The first-order chi connectivity index (χ1) is 12.3. The summed E-state index contributed by atoms with van der Waals surface area (Å²) in [6.07, 6.45) is 2.79. The van der Waals surface area contributed by atoms with Gasteiger partial charge >= 0.3 is 0 Å². The highest BCUT2D eigenvalue weighted by Gasteiger charge is 2.12. The molecule has 0 spiro atoms. The van der Waals surface area contributed by atoms with Crippen molar-refractivity contribution in [3.05, 3.63) is 71.5 Å². The van der Waals surface area contributed by atoms with Crippen LogP contribution in [0, 0.1) is 0 Å². The minimum absolute atomic E-state index is 0.270. The van der Waals surface area contributed by atoms with Gasteiger partial charge in [0.25, 0.3) is 5.91 Å². The standard InChI is InChI=1S/C18H16ClN3O3S/c1-26(24,25)22-16-9-14(19)8-15(10-16)21-18(23)17-7-13(11-20-17)12-5-3-2-4-6-12/h2-11,20,22H,1H3,(H,21,23). The van der Waals surface area contributed by atoms with E-state index in [9.17, 15) is 13.2 Å². The van der Waals surface area contributed by atoms with E-state index in [1.165, 1.54) is 18.2 Å². The van der Waals surface area contributed by atoms with Gasteiger partial charge in [-0.25, -0.2) is 8.42 Å². The van der Waals surface area contributed by atoms with Crippen LogP contribution in [0.3, 0.4) is 0 Å². The number of anilines is 2. The average Bonchev–Trinajstić information content (AvgIpc) is 3.03. The molecule has 0 aliphatic rings. The molecular weight excluding hydrogens is 374 g/mol. The van der Waals surface area contributed by atoms with Crippen molar-refractivity contribution in [1.29, 1.82) is 0 Å². The van der Waals surface area contributed by atoms with Crippen molar-refractivity contribution in [3.8, 4) is 11.1 Å². The molecule has 0 saturated heterocycles. The monoisotopic (exact) mass is 389 g/mol. The fourth-order valence-corrected chi connectivity index (χ4v) is 3.24. The Morgan fingerprint density at radius 2 is 1.69 bits per heavy atom. The highest BCUT2D eigenvalue weighted by atomic mass is 35.5. The second kappa shape index (κ2) is 7.23. The van der Waals surface area contributed by atoms with Gasteiger partial charge in [0.2, 0.25) is 10.0 Å². The molecule has 3 aromatic rings. The SMILES string of the molecule is CS(=O)(=O)Nc1cc(Cl)cc(NC(=O)c2cc(-c3ccccc3)c[nH]2)c1. The second-order valence-corrected chi connectivity index (χ2v) is 7.91. The Hall–Kier alpha value is -2.77. The first-order valence-corrected chi connectivity index (χ1v) is 9.91. The van der Waals surface area contributed by atoms with Crippen LogP contribution in [0.25, 0.3) is 11.1 Å². The minimum Gasteiger partial charge on any atom is -0.357 e. The molecule has 0 saturated carbocycles. The van der Waals surface area contributed by atoms with E-state index >= 15 is 0 Å². The van der Waals surface area contributed by atoms with E-state index in [1.807, 2.05) is 30.3 Å². The zero-order valence-corrected chi connectivity index (χ0v) is 15.4. The normalized spacial score (nSPS) is 11.2. The average molecular weight is 390 g/mol. The lowest BCUT2D eigenvalue weighted by Crippen LogP contribution is -2.13. The molecule has 0 fully saturated rings. The highest BCUT2D eigenvalue weighted by molar-refractivity contribution is 7.92. The first kappa shape index (κ1) is 18.0. The van der Waals surface area contributed by atoms with Crippen LogP contribution < -0.4 is 10.0 Å². The van der Waals surface area contributed by atoms with Crippen molar-refractivity contribution in [3.63, 3.8) is 0 Å². The number of aromatic amines is 1. The van der Waals surface area contributed by atoms with E-state index in [2.05, 4.69) is 15.0 Å². The van der Waals surface area contributed by atoms with Crippen molar-refractivity contribution < 1.29 is 13.2 Å². The highest BCUT2D eigenvalue weighted by Crippen LogP contribution is 2.24. The third kappa shape index (κ3) is 4.65. The van der Waals surface area contributed by atoms with Crippen LogP contribution in [0.15, 0.2) is 60.8 Å². The molecule has 0 aliphatic heterocycles. The largest absolute Gasteiger partial charge is 0.357 e. The molecule has 3 rings (SSSR count). The van der Waals surface area contributed by atoms with E-state index in [1.54, 1.807) is 12.3 Å². The van der Waals surface area contributed by atoms with Gasteiger partial charge in [0.05, 0.1) is 11.9 Å². The number of carbonyl (C=O) groups is 1. The Labute approximate surface area is 156 Å². The van der Waals surface area contributed by atoms with Crippen molar-refractivity contribution in [2.75, 3.05) is 16.3 Å². The molecule has 1 heterocycles. The van der Waals surface area contributed by atoms with E-state index < -0.39 is 10.0 Å². The zero-order chi connectivity index (χ0) is 18.7. The molecule has 0 radical (unpaired) electrons. The molecule has 8 heteroatoms. The van der Waals surface area contributed by atoms with Crippen LogP contribution in [0.4, 0.5) is 11.4 Å². The Morgan fingerprint density at radius 1 is 1.00 bits per heavy atom. The number of hydrogen-bond acceptors (Lipinski definition) is 3. The van der Waals surface area contributed by atoms with Crippen LogP contribution in [0.5, 0.6) is 0 Å². The van der Waals surface area contributed by atoms with Crippen LogP contribution in [0.1, 0.15) is 10.5 Å². The number of hydrogen-bond donors (Lipinski definition) is 3. The maximum atomic E-state index is 12.4. The molecular formula is C18H16ClN3O3S. The molecule has 2 aromatic carbocycles. The Morgan fingerprint density at radius 3 is 2.38 bits per heavy atom. The summed E-state index contributed by atoms with van der Waals surface area (Å²) in [5.74, 6) is -0.361. The number of rotatable bonds is 5. The molecule has 1 aromatic heterocycles. The third-order valence-electron chi connectivity index (χ3n) is 3.49. The summed E-state index contributed by atoms with van der Waals surface area (Å²) in [4.78, 5) is 15.4. The predicted molar refractivity (Wildman–Crippen MR) is 104 cm³/mol. The molecule has 1 amide bonds. The van der Waals surface area contributed by atoms with E-state index in [0.717, 1.165) is 17.4 Å². The topological polar surface area (TPSA) is 91.1 Å². The zero-order valence-electron chi connectivity index (χ0n) is 13.8. The number of aromatic nitrogens is 1. The Kier molecular flexibility index (Phi) is 5.01. The molecule has 0 unspecified atom stereocenters. The summed E-state index contributed by atoms with van der Waals surface area (Å²) in [6, 6.07) is 15.9. The van der Waals surface area contributed by atoms with Crippen molar-refractivity contribution >= 4 is 38.9 Å². The second-order valence-electron chi connectivity index (χ2n) is 5.72. The fourth-order valence-electron chi connectivity index (χ4n) is 2.46. The number of benzene rings is 2. The summed E-state index contributed by atoms with van der Waals surface area (Å²) in [7, 11) is -3.45. The first-order valence-electron chi connectivity index (χ1n) is 7.64. The number of amides is 1. The van der Waals surface area contributed by atoms with Gasteiger partial charge in [0.1, 0.15) is 5.69 Å². The van der Waals surface area contributed by atoms with Crippen molar-refractivity contribution in [2.24, 2.45) is 0 Å². The van der Waals surface area contributed by atoms with Gasteiger partial charge in [-0.2, -0.15) is 0 Å². The summed E-state index contributed by atoms with van der Waals surface area (Å²) in [6.45, 7) is 0. The molecule has 3 N–H and O–H groups in total. The van der Waals surface area contributed by atoms with Gasteiger partial charge in [-0.05, 0) is 35.4 Å². The lowest BCUT2D eigenvalue weighted by atomic mass is 10.1. The fraction of sp³-hybridized carbons (Fsp3) is 0.0556. The molecule has 26 heavy (non-hydrogen) atoms. The lowest BCUT2D eigenvalue weighted by Gasteiger charge is -2.09. The molecule has 6 nitrogen and oxygen atoms in total. The lowest BCUT2D eigenvalue weighted by molar-refractivity contribution is 0.102. The number of sulfonamides is 1. The Balaban J connectivity index is 1.79. The van der Waals surface area contributed by atoms with E-state index in [4.69, 9.17) is 11.6 Å². The van der Waals surface area contributed by atoms with Gasteiger partial charge in [0, 0.05) is 16.9 Å². The van der Waals surface area contributed by atoms with Crippen LogP contribution in [-0.2, 0) is 10.0 Å². The number of nitrogens with one attached hydrogen (secondary N) is 3. The van der Waals surface area contributed by atoms with Crippen LogP contribution >= 0.6 is 11.6 Å². The van der Waals surface area contributed by atoms with Gasteiger partial charge < -0.3 is 10.3 Å². The van der Waals surface area contributed by atoms with Gasteiger partial charge in [-0.1, -0.05) is 41.9 Å². The maximum Gasteiger partial charge on any atom is 0.272 e. The quantitative estimate of drug-likeness (QED) is 0.616.